The molecule has 0 saturated carbocycles. The maximum absolute atomic E-state index is 10.2. The van der Waals surface area contributed by atoms with E-state index >= 15 is 0 Å². The highest BCUT2D eigenvalue weighted by Crippen LogP contribution is 2.24. The second-order valence-corrected chi connectivity index (χ2v) is 8.23. The van der Waals surface area contributed by atoms with Crippen LogP contribution in [0, 0.1) is 0 Å². The topological polar surface area (TPSA) is 35.9 Å². The molecule has 1 unspecified atom stereocenters. The molecule has 1 N–H and O–H groups in total. The first-order valence-corrected chi connectivity index (χ1v) is 9.06. The summed E-state index contributed by atoms with van der Waals surface area (Å²) in [5.74, 6) is 0.827. The number of likely N-dealkylation sites (tertiary alicyclic amines) is 1. The molecule has 1 atom stereocenters. The van der Waals surface area contributed by atoms with Crippen molar-refractivity contribution < 1.29 is 9.84 Å². The van der Waals surface area contributed by atoms with Gasteiger partial charge in [0, 0.05) is 12.6 Å². The Balaban J connectivity index is 1.72. The summed E-state index contributed by atoms with van der Waals surface area (Å²) in [6.07, 6.45) is 1.91. The monoisotopic (exact) mass is 334 g/mol. The van der Waals surface area contributed by atoms with Gasteiger partial charge in [0.25, 0.3) is 0 Å². The first kappa shape index (κ1) is 19.2. The fraction of sp³-hybridized carbons (Fsp3) is 0.700. The number of piperidine rings is 1. The normalized spacial score (nSPS) is 18.8. The number of aliphatic hydroxyl groups excluding tert-OH is 1. The molecule has 0 radical (unpaired) electrons. The highest BCUT2D eigenvalue weighted by Gasteiger charge is 2.22. The van der Waals surface area contributed by atoms with Gasteiger partial charge in [-0.05, 0) is 63.1 Å². The van der Waals surface area contributed by atoms with Gasteiger partial charge in [0.15, 0.2) is 0 Å². The largest absolute Gasteiger partial charge is 0.491 e. The van der Waals surface area contributed by atoms with Crippen LogP contribution < -0.4 is 4.74 Å². The summed E-state index contributed by atoms with van der Waals surface area (Å²) >= 11 is 0. The number of aliphatic hydroxyl groups is 1. The minimum atomic E-state index is -0.441. The van der Waals surface area contributed by atoms with Gasteiger partial charge in [0.1, 0.15) is 18.5 Å². The van der Waals surface area contributed by atoms with Gasteiger partial charge in [-0.25, -0.2) is 0 Å². The van der Waals surface area contributed by atoms with Crippen LogP contribution >= 0.6 is 0 Å². The molecular weight excluding hydrogens is 300 g/mol. The summed E-state index contributed by atoms with van der Waals surface area (Å²) in [6, 6.07) is 8.88. The van der Waals surface area contributed by atoms with E-state index in [1.165, 1.54) is 18.4 Å². The molecule has 2 rings (SSSR count). The molecular formula is C20H34N2O2. The predicted octanol–water partition coefficient (Wildman–Crippen LogP) is 2.75. The Labute approximate surface area is 147 Å². The van der Waals surface area contributed by atoms with E-state index in [1.807, 2.05) is 12.1 Å². The number of nitrogens with zero attached hydrogens (tertiary/aromatic N) is 2. The van der Waals surface area contributed by atoms with E-state index in [1.54, 1.807) is 0 Å². The fourth-order valence-corrected chi connectivity index (χ4v) is 3.21. The lowest BCUT2D eigenvalue weighted by atomic mass is 9.87. The number of hydrogen-bond acceptors (Lipinski definition) is 4. The third kappa shape index (κ3) is 5.76. The first-order valence-electron chi connectivity index (χ1n) is 9.06. The van der Waals surface area contributed by atoms with Crippen LogP contribution in [0.1, 0.15) is 39.2 Å². The average molecular weight is 335 g/mol. The quantitative estimate of drug-likeness (QED) is 0.868. The van der Waals surface area contributed by atoms with Gasteiger partial charge in [-0.1, -0.05) is 32.9 Å². The molecule has 1 aromatic rings. The summed E-state index contributed by atoms with van der Waals surface area (Å²) in [5.41, 5.74) is 1.44. The zero-order valence-corrected chi connectivity index (χ0v) is 16.0. The van der Waals surface area contributed by atoms with E-state index < -0.39 is 6.10 Å². The second-order valence-electron chi connectivity index (χ2n) is 8.23. The Bertz CT molecular complexity index is 485. The lowest BCUT2D eigenvalue weighted by molar-refractivity contribution is 0.0506. The molecule has 0 amide bonds. The van der Waals surface area contributed by atoms with Crippen molar-refractivity contribution in [3.63, 3.8) is 0 Å². The Morgan fingerprint density at radius 1 is 1.17 bits per heavy atom. The lowest BCUT2D eigenvalue weighted by Gasteiger charge is -2.35. The molecule has 1 aliphatic heterocycles. The van der Waals surface area contributed by atoms with E-state index in [9.17, 15) is 5.11 Å². The van der Waals surface area contributed by atoms with E-state index in [0.717, 1.165) is 18.8 Å². The molecule has 1 saturated heterocycles. The molecule has 1 aromatic carbocycles. The van der Waals surface area contributed by atoms with Crippen LogP contribution in [0.5, 0.6) is 5.75 Å². The van der Waals surface area contributed by atoms with Gasteiger partial charge in [-0.2, -0.15) is 0 Å². The molecule has 1 heterocycles. The third-order valence-electron chi connectivity index (χ3n) is 4.92. The van der Waals surface area contributed by atoms with Crippen molar-refractivity contribution in [2.45, 2.75) is 51.2 Å². The standard InChI is InChI=1S/C20H34N2O2/c1-20(2,3)16-6-8-19(9-7-16)24-15-18(23)14-22-12-10-17(11-13-22)21(4)5/h6-9,17-18,23H,10-15H2,1-5H3. The van der Waals surface area contributed by atoms with Crippen LogP contribution in [-0.4, -0.2) is 67.4 Å². The van der Waals surface area contributed by atoms with E-state index in [2.05, 4.69) is 56.8 Å². The summed E-state index contributed by atoms with van der Waals surface area (Å²) in [5, 5.41) is 10.2. The van der Waals surface area contributed by atoms with Crippen molar-refractivity contribution in [3.05, 3.63) is 29.8 Å². The average Bonchev–Trinajstić information content (AvgIpc) is 2.53. The van der Waals surface area contributed by atoms with Crippen LogP contribution in [-0.2, 0) is 5.41 Å². The Hall–Kier alpha value is -1.10. The number of hydrogen-bond donors (Lipinski definition) is 1. The van der Waals surface area contributed by atoms with Crippen molar-refractivity contribution in [1.29, 1.82) is 0 Å². The molecule has 0 spiro atoms. The summed E-state index contributed by atoms with van der Waals surface area (Å²) in [4.78, 5) is 4.65. The maximum atomic E-state index is 10.2. The molecule has 0 bridgehead atoms. The predicted molar refractivity (Wildman–Crippen MR) is 99.8 cm³/mol. The van der Waals surface area contributed by atoms with Crippen LogP contribution in [0.15, 0.2) is 24.3 Å². The summed E-state index contributed by atoms with van der Waals surface area (Å²) in [6.45, 7) is 9.76. The third-order valence-corrected chi connectivity index (χ3v) is 4.92. The van der Waals surface area contributed by atoms with Gasteiger partial charge in [0.05, 0.1) is 0 Å². The Kier molecular flexibility index (Phi) is 6.67. The number of rotatable bonds is 6. The van der Waals surface area contributed by atoms with Gasteiger partial charge in [-0.3, -0.25) is 0 Å². The SMILES string of the molecule is CN(C)C1CCN(CC(O)COc2ccc(C(C)(C)C)cc2)CC1. The lowest BCUT2D eigenvalue weighted by Crippen LogP contribution is -2.45. The van der Waals surface area contributed by atoms with E-state index in [4.69, 9.17) is 4.74 Å². The Morgan fingerprint density at radius 3 is 2.25 bits per heavy atom. The van der Waals surface area contributed by atoms with Gasteiger partial charge in [0.2, 0.25) is 0 Å². The molecule has 0 aliphatic carbocycles. The van der Waals surface area contributed by atoms with Crippen molar-refractivity contribution in [2.75, 3.05) is 40.3 Å². The number of ether oxygens (including phenoxy) is 1. The van der Waals surface area contributed by atoms with Crippen molar-refractivity contribution in [2.24, 2.45) is 0 Å². The molecule has 4 heteroatoms. The van der Waals surface area contributed by atoms with Crippen LogP contribution in [0.4, 0.5) is 0 Å². The molecule has 1 aliphatic rings. The van der Waals surface area contributed by atoms with Crippen molar-refractivity contribution >= 4 is 0 Å². The molecule has 1 fully saturated rings. The summed E-state index contributed by atoms with van der Waals surface area (Å²) in [7, 11) is 4.29. The van der Waals surface area contributed by atoms with Gasteiger partial charge < -0.3 is 19.6 Å². The first-order chi connectivity index (χ1) is 11.3. The smallest absolute Gasteiger partial charge is 0.119 e. The number of β-amino-alcohol motifs (C(OH)–C–C–N with tert-alkyl or cyclic N) is 1. The maximum Gasteiger partial charge on any atom is 0.119 e. The van der Waals surface area contributed by atoms with Gasteiger partial charge >= 0.3 is 0 Å². The van der Waals surface area contributed by atoms with Crippen LogP contribution in [0.25, 0.3) is 0 Å². The zero-order valence-electron chi connectivity index (χ0n) is 16.0. The van der Waals surface area contributed by atoms with Crippen molar-refractivity contribution in [1.82, 2.24) is 9.80 Å². The minimum Gasteiger partial charge on any atom is -0.491 e. The minimum absolute atomic E-state index is 0.150. The summed E-state index contributed by atoms with van der Waals surface area (Å²) < 4.78 is 5.75. The fourth-order valence-electron chi connectivity index (χ4n) is 3.21. The molecule has 0 aromatic heterocycles. The van der Waals surface area contributed by atoms with Crippen LogP contribution in [0.2, 0.25) is 0 Å². The number of benzene rings is 1. The van der Waals surface area contributed by atoms with E-state index in [-0.39, 0.29) is 5.41 Å². The molecule has 136 valence electrons. The van der Waals surface area contributed by atoms with Crippen LogP contribution in [0.3, 0.4) is 0 Å². The second kappa shape index (κ2) is 8.32. The van der Waals surface area contributed by atoms with Crippen molar-refractivity contribution in [3.8, 4) is 5.75 Å². The zero-order chi connectivity index (χ0) is 17.7. The molecule has 4 nitrogen and oxygen atoms in total. The van der Waals surface area contributed by atoms with Gasteiger partial charge in [-0.15, -0.1) is 0 Å². The Morgan fingerprint density at radius 2 is 1.75 bits per heavy atom. The molecule has 24 heavy (non-hydrogen) atoms. The highest BCUT2D eigenvalue weighted by molar-refractivity contribution is 5.31. The van der Waals surface area contributed by atoms with E-state index in [0.29, 0.717) is 19.2 Å². The highest BCUT2D eigenvalue weighted by atomic mass is 16.5.